The predicted molar refractivity (Wildman–Crippen MR) is 82.7 cm³/mol. The van der Waals surface area contributed by atoms with Crippen LogP contribution in [0.3, 0.4) is 0 Å². The molecule has 110 valence electrons. The van der Waals surface area contributed by atoms with Crippen LogP contribution in [-0.4, -0.2) is 32.8 Å². The summed E-state index contributed by atoms with van der Waals surface area (Å²) in [5.41, 5.74) is 2.01. The third-order valence-electron chi connectivity index (χ3n) is 3.64. The van der Waals surface area contributed by atoms with Crippen molar-refractivity contribution in [2.24, 2.45) is 0 Å². The molecule has 4 nitrogen and oxygen atoms in total. The molecule has 0 radical (unpaired) electrons. The maximum atomic E-state index is 9.58. The molecule has 1 atom stereocenters. The molecule has 1 aromatic carbocycles. The molecule has 0 saturated heterocycles. The minimum atomic E-state index is -0.204. The van der Waals surface area contributed by atoms with Crippen LogP contribution in [0.5, 0.6) is 0 Å². The van der Waals surface area contributed by atoms with E-state index < -0.39 is 0 Å². The first-order valence-electron chi connectivity index (χ1n) is 7.32. The summed E-state index contributed by atoms with van der Waals surface area (Å²) in [6.45, 7) is 7.39. The topological polar surface area (TPSA) is 50.1 Å². The fraction of sp³-hybridized carbons (Fsp3) is 0.562. The highest BCUT2D eigenvalue weighted by Gasteiger charge is 2.23. The Morgan fingerprint density at radius 2 is 2.10 bits per heavy atom. The fourth-order valence-electron chi connectivity index (χ4n) is 2.72. The molecule has 2 rings (SSSR count). The van der Waals surface area contributed by atoms with Gasteiger partial charge in [-0.2, -0.15) is 0 Å². The fourth-order valence-corrected chi connectivity index (χ4v) is 2.72. The highest BCUT2D eigenvalue weighted by Crippen LogP contribution is 2.16. The molecule has 1 heterocycles. The molecule has 0 amide bonds. The third kappa shape index (κ3) is 3.58. The predicted octanol–water partition coefficient (Wildman–Crippen LogP) is 2.57. The smallest absolute Gasteiger partial charge is 0.0958 e. The van der Waals surface area contributed by atoms with Crippen molar-refractivity contribution < 1.29 is 5.11 Å². The Bertz CT molecular complexity index is 549. The zero-order chi connectivity index (χ0) is 14.6. The van der Waals surface area contributed by atoms with Gasteiger partial charge in [0.05, 0.1) is 24.0 Å². The van der Waals surface area contributed by atoms with Crippen molar-refractivity contribution in [2.75, 3.05) is 6.61 Å². The number of hydrogen-bond donors (Lipinski definition) is 2. The van der Waals surface area contributed by atoms with Gasteiger partial charge in [-0.3, -0.25) is 0 Å². The Kier molecular flexibility index (Phi) is 4.78. The van der Waals surface area contributed by atoms with Crippen LogP contribution in [0.15, 0.2) is 30.6 Å². The number of benzene rings is 1. The molecule has 0 aliphatic rings. The van der Waals surface area contributed by atoms with E-state index in [0.29, 0.717) is 6.04 Å². The summed E-state index contributed by atoms with van der Waals surface area (Å²) >= 11 is 0. The monoisotopic (exact) mass is 275 g/mol. The summed E-state index contributed by atoms with van der Waals surface area (Å²) in [5, 5.41) is 13.0. The van der Waals surface area contributed by atoms with Gasteiger partial charge in [0.15, 0.2) is 0 Å². The number of aliphatic hydroxyl groups excluding tert-OH is 1. The van der Waals surface area contributed by atoms with E-state index in [2.05, 4.69) is 41.7 Å². The van der Waals surface area contributed by atoms with Crippen LogP contribution < -0.4 is 5.32 Å². The third-order valence-corrected chi connectivity index (χ3v) is 3.64. The van der Waals surface area contributed by atoms with Crippen LogP contribution in [0, 0.1) is 0 Å². The molecule has 20 heavy (non-hydrogen) atoms. The normalized spacial score (nSPS) is 14.8. The molecule has 0 spiro atoms. The molecule has 0 aliphatic carbocycles. The molecular formula is C16H25N3O. The summed E-state index contributed by atoms with van der Waals surface area (Å²) in [7, 11) is 0. The Labute approximate surface area is 120 Å². The molecule has 0 aliphatic heterocycles. The van der Waals surface area contributed by atoms with Crippen LogP contribution >= 0.6 is 0 Å². The number of aromatic nitrogens is 2. The van der Waals surface area contributed by atoms with Crippen molar-refractivity contribution in [1.82, 2.24) is 14.9 Å². The zero-order valence-electron chi connectivity index (χ0n) is 12.6. The van der Waals surface area contributed by atoms with Crippen LogP contribution in [0.25, 0.3) is 11.0 Å². The zero-order valence-corrected chi connectivity index (χ0v) is 12.6. The number of hydrogen-bond acceptors (Lipinski definition) is 3. The van der Waals surface area contributed by atoms with Gasteiger partial charge in [-0.25, -0.2) is 4.98 Å². The van der Waals surface area contributed by atoms with E-state index in [1.54, 1.807) is 0 Å². The molecule has 1 aromatic heterocycles. The first kappa shape index (κ1) is 15.0. The Morgan fingerprint density at radius 3 is 2.80 bits per heavy atom. The van der Waals surface area contributed by atoms with Gasteiger partial charge in [0.25, 0.3) is 0 Å². The van der Waals surface area contributed by atoms with Crippen LogP contribution in [-0.2, 0) is 6.54 Å². The van der Waals surface area contributed by atoms with Crippen molar-refractivity contribution in [1.29, 1.82) is 0 Å². The second kappa shape index (κ2) is 6.37. The molecular weight excluding hydrogens is 250 g/mol. The Hall–Kier alpha value is -1.39. The quantitative estimate of drug-likeness (QED) is 0.816. The molecule has 4 heteroatoms. The van der Waals surface area contributed by atoms with E-state index >= 15 is 0 Å². The van der Waals surface area contributed by atoms with Gasteiger partial charge in [0.2, 0.25) is 0 Å². The average molecular weight is 275 g/mol. The maximum Gasteiger partial charge on any atom is 0.0958 e. The number of aryl methyl sites for hydroxylation is 1. The van der Waals surface area contributed by atoms with Crippen molar-refractivity contribution in [3.05, 3.63) is 30.6 Å². The van der Waals surface area contributed by atoms with Crippen LogP contribution in [0.4, 0.5) is 0 Å². The van der Waals surface area contributed by atoms with Gasteiger partial charge in [-0.15, -0.1) is 0 Å². The van der Waals surface area contributed by atoms with Crippen LogP contribution in [0.1, 0.15) is 33.6 Å². The number of rotatable bonds is 7. The van der Waals surface area contributed by atoms with Gasteiger partial charge in [-0.05, 0) is 31.9 Å². The van der Waals surface area contributed by atoms with E-state index in [1.165, 1.54) is 5.52 Å². The standard InChI is InChI=1S/C16H25N3O/c1-13(2)18-16(3,11-20)9-6-10-19-12-17-14-7-4-5-8-15(14)19/h4-5,7-8,12-13,18,20H,6,9-11H2,1-3H3. The second-order valence-corrected chi connectivity index (χ2v) is 6.05. The number of nitrogens with one attached hydrogen (secondary N) is 1. The van der Waals surface area contributed by atoms with E-state index in [-0.39, 0.29) is 12.1 Å². The molecule has 2 N–H and O–H groups in total. The lowest BCUT2D eigenvalue weighted by Crippen LogP contribution is -2.49. The SMILES string of the molecule is CC(C)NC(C)(CO)CCCn1cnc2ccccc21. The van der Waals surface area contributed by atoms with Gasteiger partial charge in [0.1, 0.15) is 0 Å². The molecule has 1 unspecified atom stereocenters. The van der Waals surface area contributed by atoms with E-state index in [1.807, 2.05) is 24.5 Å². The van der Waals surface area contributed by atoms with Gasteiger partial charge in [0, 0.05) is 18.1 Å². The summed E-state index contributed by atoms with van der Waals surface area (Å²) in [6, 6.07) is 8.55. The number of fused-ring (bicyclic) bond motifs is 1. The highest BCUT2D eigenvalue weighted by atomic mass is 16.3. The average Bonchev–Trinajstić information content (AvgIpc) is 2.82. The minimum absolute atomic E-state index is 0.163. The summed E-state index contributed by atoms with van der Waals surface area (Å²) in [4.78, 5) is 4.40. The molecule has 0 fully saturated rings. The van der Waals surface area contributed by atoms with Crippen LogP contribution in [0.2, 0.25) is 0 Å². The number of aliphatic hydroxyl groups is 1. The number of para-hydroxylation sites is 2. The number of nitrogens with zero attached hydrogens (tertiary/aromatic N) is 2. The highest BCUT2D eigenvalue weighted by molar-refractivity contribution is 5.74. The number of imidazole rings is 1. The minimum Gasteiger partial charge on any atom is -0.394 e. The molecule has 0 bridgehead atoms. The second-order valence-electron chi connectivity index (χ2n) is 6.05. The lowest BCUT2D eigenvalue weighted by Gasteiger charge is -2.31. The summed E-state index contributed by atoms with van der Waals surface area (Å²) in [6.07, 6.45) is 3.85. The lowest BCUT2D eigenvalue weighted by molar-refractivity contribution is 0.153. The Morgan fingerprint density at radius 1 is 1.35 bits per heavy atom. The largest absolute Gasteiger partial charge is 0.394 e. The van der Waals surface area contributed by atoms with Crippen molar-refractivity contribution >= 4 is 11.0 Å². The molecule has 0 saturated carbocycles. The van der Waals surface area contributed by atoms with E-state index in [4.69, 9.17) is 0 Å². The van der Waals surface area contributed by atoms with E-state index in [0.717, 1.165) is 24.9 Å². The first-order valence-corrected chi connectivity index (χ1v) is 7.32. The maximum absolute atomic E-state index is 9.58. The Balaban J connectivity index is 1.95. The lowest BCUT2D eigenvalue weighted by atomic mass is 9.96. The van der Waals surface area contributed by atoms with Crippen molar-refractivity contribution in [3.8, 4) is 0 Å². The van der Waals surface area contributed by atoms with Crippen molar-refractivity contribution in [3.63, 3.8) is 0 Å². The van der Waals surface area contributed by atoms with Gasteiger partial charge >= 0.3 is 0 Å². The van der Waals surface area contributed by atoms with E-state index in [9.17, 15) is 5.11 Å². The van der Waals surface area contributed by atoms with Gasteiger partial charge < -0.3 is 15.0 Å². The first-order chi connectivity index (χ1) is 9.54. The summed E-state index contributed by atoms with van der Waals surface area (Å²) < 4.78 is 2.18. The van der Waals surface area contributed by atoms with Crippen molar-refractivity contribution in [2.45, 2.75) is 51.7 Å². The summed E-state index contributed by atoms with van der Waals surface area (Å²) in [5.74, 6) is 0. The molecule has 2 aromatic rings. The van der Waals surface area contributed by atoms with Gasteiger partial charge in [-0.1, -0.05) is 26.0 Å².